The summed E-state index contributed by atoms with van der Waals surface area (Å²) >= 11 is 4.88. The first-order chi connectivity index (χ1) is 8.25. The number of nitrogens with zero attached hydrogens (tertiary/aromatic N) is 4. The van der Waals surface area contributed by atoms with Crippen molar-refractivity contribution in [2.24, 2.45) is 5.73 Å². The second-order valence-corrected chi connectivity index (χ2v) is 4.62. The summed E-state index contributed by atoms with van der Waals surface area (Å²) in [6.45, 7) is 4.91. The minimum atomic E-state index is 0.596. The van der Waals surface area contributed by atoms with Gasteiger partial charge in [-0.15, -0.1) is 0 Å². The van der Waals surface area contributed by atoms with Crippen LogP contribution >= 0.6 is 12.2 Å². The van der Waals surface area contributed by atoms with Gasteiger partial charge in [0.1, 0.15) is 0 Å². The van der Waals surface area contributed by atoms with E-state index in [4.69, 9.17) is 18.0 Å². The maximum absolute atomic E-state index is 5.50. The van der Waals surface area contributed by atoms with Crippen LogP contribution in [-0.4, -0.2) is 52.6 Å². The van der Waals surface area contributed by atoms with E-state index in [9.17, 15) is 0 Å². The van der Waals surface area contributed by atoms with Crippen molar-refractivity contribution in [3.05, 3.63) is 18.5 Å². The third-order valence-corrected chi connectivity index (χ3v) is 3.09. The largest absolute Gasteiger partial charge is 0.393 e. The van der Waals surface area contributed by atoms with Crippen molar-refractivity contribution in [2.75, 3.05) is 37.6 Å². The highest BCUT2D eigenvalue weighted by Crippen LogP contribution is 2.09. The van der Waals surface area contributed by atoms with Crippen molar-refractivity contribution in [3.8, 4) is 0 Å². The highest BCUT2D eigenvalue weighted by Gasteiger charge is 2.18. The third-order valence-electron chi connectivity index (χ3n) is 2.88. The van der Waals surface area contributed by atoms with Gasteiger partial charge in [-0.2, -0.15) is 0 Å². The van der Waals surface area contributed by atoms with Gasteiger partial charge in [-0.05, 0) is 6.07 Å². The van der Waals surface area contributed by atoms with Crippen molar-refractivity contribution >= 4 is 23.2 Å². The van der Waals surface area contributed by atoms with Crippen LogP contribution < -0.4 is 10.6 Å². The van der Waals surface area contributed by atoms with Crippen LogP contribution in [0.5, 0.6) is 0 Å². The molecule has 92 valence electrons. The van der Waals surface area contributed by atoms with Crippen molar-refractivity contribution in [2.45, 2.75) is 6.42 Å². The van der Waals surface area contributed by atoms with Crippen molar-refractivity contribution in [1.82, 2.24) is 14.9 Å². The highest BCUT2D eigenvalue weighted by molar-refractivity contribution is 7.80. The lowest BCUT2D eigenvalue weighted by Gasteiger charge is -2.34. The van der Waals surface area contributed by atoms with Gasteiger partial charge in [0.2, 0.25) is 5.95 Å². The summed E-state index contributed by atoms with van der Waals surface area (Å²) in [7, 11) is 0. The summed E-state index contributed by atoms with van der Waals surface area (Å²) in [4.78, 5) is 13.7. The Bertz CT molecular complexity index is 361. The van der Waals surface area contributed by atoms with E-state index in [0.29, 0.717) is 4.99 Å². The molecule has 1 aromatic heterocycles. The first-order valence-electron chi connectivity index (χ1n) is 5.78. The summed E-state index contributed by atoms with van der Waals surface area (Å²) in [6, 6.07) is 1.84. The molecule has 0 atom stereocenters. The lowest BCUT2D eigenvalue weighted by atomic mass is 10.3. The highest BCUT2D eigenvalue weighted by atomic mass is 32.1. The van der Waals surface area contributed by atoms with E-state index in [-0.39, 0.29) is 0 Å². The summed E-state index contributed by atoms with van der Waals surface area (Å²) in [6.07, 6.45) is 4.36. The van der Waals surface area contributed by atoms with Gasteiger partial charge in [-0.3, -0.25) is 4.90 Å². The molecule has 17 heavy (non-hydrogen) atoms. The van der Waals surface area contributed by atoms with E-state index in [1.54, 1.807) is 12.4 Å². The SMILES string of the molecule is NC(=S)CCN1CCN(c2ncccn2)CC1. The number of anilines is 1. The van der Waals surface area contributed by atoms with E-state index in [2.05, 4.69) is 19.8 Å². The second-order valence-electron chi connectivity index (χ2n) is 4.09. The predicted molar refractivity (Wildman–Crippen MR) is 72.1 cm³/mol. The van der Waals surface area contributed by atoms with Crippen LogP contribution in [-0.2, 0) is 0 Å². The molecule has 1 aliphatic heterocycles. The van der Waals surface area contributed by atoms with Gasteiger partial charge in [-0.25, -0.2) is 9.97 Å². The molecule has 1 fully saturated rings. The van der Waals surface area contributed by atoms with Crippen LogP contribution in [0.25, 0.3) is 0 Å². The number of nitrogens with two attached hydrogens (primary N) is 1. The number of rotatable bonds is 4. The fraction of sp³-hybridized carbons (Fsp3) is 0.545. The minimum Gasteiger partial charge on any atom is -0.393 e. The monoisotopic (exact) mass is 251 g/mol. The topological polar surface area (TPSA) is 58.3 Å². The molecule has 1 saturated heterocycles. The van der Waals surface area contributed by atoms with Gasteiger partial charge in [0, 0.05) is 51.5 Å². The first kappa shape index (κ1) is 12.2. The fourth-order valence-electron chi connectivity index (χ4n) is 1.89. The molecular weight excluding hydrogens is 234 g/mol. The van der Waals surface area contributed by atoms with Crippen molar-refractivity contribution in [3.63, 3.8) is 0 Å². The molecule has 0 aliphatic carbocycles. The quantitative estimate of drug-likeness (QED) is 0.776. The molecule has 0 radical (unpaired) electrons. The fourth-order valence-corrected chi connectivity index (χ4v) is 1.99. The Balaban J connectivity index is 1.80. The Morgan fingerprint density at radius 2 is 1.88 bits per heavy atom. The molecule has 0 bridgehead atoms. The molecule has 0 saturated carbocycles. The number of piperazine rings is 1. The van der Waals surface area contributed by atoms with Gasteiger partial charge >= 0.3 is 0 Å². The molecule has 6 heteroatoms. The molecule has 0 unspecified atom stereocenters. The summed E-state index contributed by atoms with van der Waals surface area (Å²) in [5.41, 5.74) is 5.50. The molecular formula is C11H17N5S. The molecule has 1 aliphatic rings. The summed E-state index contributed by atoms with van der Waals surface area (Å²) in [5.74, 6) is 0.821. The Morgan fingerprint density at radius 1 is 1.24 bits per heavy atom. The Labute approximate surface area is 107 Å². The second kappa shape index (κ2) is 5.88. The Kier molecular flexibility index (Phi) is 4.22. The lowest BCUT2D eigenvalue weighted by Crippen LogP contribution is -2.47. The summed E-state index contributed by atoms with van der Waals surface area (Å²) in [5, 5.41) is 0. The van der Waals surface area contributed by atoms with Crippen molar-refractivity contribution in [1.29, 1.82) is 0 Å². The van der Waals surface area contributed by atoms with Crippen LogP contribution in [0.4, 0.5) is 5.95 Å². The smallest absolute Gasteiger partial charge is 0.225 e. The molecule has 1 aromatic rings. The predicted octanol–water partition coefficient (Wildman–Crippen LogP) is 0.275. The zero-order chi connectivity index (χ0) is 12.1. The maximum Gasteiger partial charge on any atom is 0.225 e. The van der Waals surface area contributed by atoms with Gasteiger partial charge in [-0.1, -0.05) is 12.2 Å². The number of aromatic nitrogens is 2. The van der Waals surface area contributed by atoms with Crippen LogP contribution in [0.15, 0.2) is 18.5 Å². The van der Waals surface area contributed by atoms with E-state index < -0.39 is 0 Å². The molecule has 0 spiro atoms. The van der Waals surface area contributed by atoms with Gasteiger partial charge < -0.3 is 10.6 Å². The van der Waals surface area contributed by atoms with E-state index in [0.717, 1.165) is 45.1 Å². The molecule has 0 amide bonds. The van der Waals surface area contributed by atoms with Crippen molar-refractivity contribution < 1.29 is 0 Å². The van der Waals surface area contributed by atoms with E-state index in [1.807, 2.05) is 6.07 Å². The Hall–Kier alpha value is -1.27. The normalized spacial score (nSPS) is 17.1. The molecule has 2 heterocycles. The molecule has 2 N–H and O–H groups in total. The van der Waals surface area contributed by atoms with Crippen LogP contribution in [0, 0.1) is 0 Å². The zero-order valence-corrected chi connectivity index (χ0v) is 10.6. The van der Waals surface area contributed by atoms with Crippen LogP contribution in [0.3, 0.4) is 0 Å². The lowest BCUT2D eigenvalue weighted by molar-refractivity contribution is 0.264. The average molecular weight is 251 g/mol. The number of hydrogen-bond donors (Lipinski definition) is 1. The van der Waals surface area contributed by atoms with Gasteiger partial charge in [0.05, 0.1) is 4.99 Å². The average Bonchev–Trinajstić information content (AvgIpc) is 2.38. The van der Waals surface area contributed by atoms with E-state index in [1.165, 1.54) is 0 Å². The summed E-state index contributed by atoms with van der Waals surface area (Å²) < 4.78 is 0. The third kappa shape index (κ3) is 3.61. The standard InChI is InChI=1S/C11H17N5S/c12-10(17)2-5-15-6-8-16(9-7-15)11-13-3-1-4-14-11/h1,3-4H,2,5-9H2,(H2,12,17). The molecule has 5 nitrogen and oxygen atoms in total. The number of hydrogen-bond acceptors (Lipinski definition) is 5. The maximum atomic E-state index is 5.50. The van der Waals surface area contributed by atoms with Gasteiger partial charge in [0.15, 0.2) is 0 Å². The van der Waals surface area contributed by atoms with E-state index >= 15 is 0 Å². The van der Waals surface area contributed by atoms with Gasteiger partial charge in [0.25, 0.3) is 0 Å². The number of thiocarbonyl (C=S) groups is 1. The Morgan fingerprint density at radius 3 is 2.47 bits per heavy atom. The van der Waals surface area contributed by atoms with Crippen LogP contribution in [0.2, 0.25) is 0 Å². The van der Waals surface area contributed by atoms with Crippen LogP contribution in [0.1, 0.15) is 6.42 Å². The molecule has 0 aromatic carbocycles. The first-order valence-corrected chi connectivity index (χ1v) is 6.19. The molecule has 2 rings (SSSR count). The minimum absolute atomic E-state index is 0.596. The zero-order valence-electron chi connectivity index (χ0n) is 9.75.